The predicted octanol–water partition coefficient (Wildman–Crippen LogP) is 8.91. The molecule has 5 aromatic carbocycles. The van der Waals surface area contributed by atoms with E-state index in [1.54, 1.807) is 60.5 Å². The van der Waals surface area contributed by atoms with Crippen LogP contribution in [-0.4, -0.2) is 78.2 Å². The van der Waals surface area contributed by atoms with Gasteiger partial charge in [-0.05, 0) is 81.5 Å². The lowest BCUT2D eigenvalue weighted by molar-refractivity contribution is -0.120. The minimum atomic E-state index is -3.76. The Balaban J connectivity index is 0.868. The zero-order valence-electron chi connectivity index (χ0n) is 35.8. The van der Waals surface area contributed by atoms with Crippen molar-refractivity contribution in [3.8, 4) is 22.5 Å². The molecule has 0 aliphatic carbocycles. The zero-order valence-corrected chi connectivity index (χ0v) is 36.6. The van der Waals surface area contributed by atoms with Crippen LogP contribution in [0.3, 0.4) is 0 Å². The summed E-state index contributed by atoms with van der Waals surface area (Å²) in [6.07, 6.45) is 2.44. The number of carbonyl (C=O) groups is 4. The van der Waals surface area contributed by atoms with Crippen LogP contribution in [0.5, 0.6) is 0 Å². The van der Waals surface area contributed by atoms with Gasteiger partial charge in [-0.1, -0.05) is 96.1 Å². The highest BCUT2D eigenvalue weighted by Gasteiger charge is 2.31. The van der Waals surface area contributed by atoms with Crippen molar-refractivity contribution in [3.63, 3.8) is 0 Å². The molecule has 0 spiro atoms. The molecule has 12 nitrogen and oxygen atoms in total. The SMILES string of the molecule is Cc1ccc(CCC(CS(=O)(=O)c2ccc(C)cc2)C(=O)c2ccc(C(=O)N(C)COCCCC(=O)CCCC(=O)N3c4ccccc4-c4n[nH]nc4-c4ccccc43)cc2)cc1. The number of nitrogens with one attached hydrogen (secondary N) is 1. The van der Waals surface area contributed by atoms with Crippen LogP contribution in [-0.2, 0) is 30.6 Å². The molecule has 7 rings (SSSR count). The van der Waals surface area contributed by atoms with Gasteiger partial charge in [0.15, 0.2) is 15.6 Å². The maximum Gasteiger partial charge on any atom is 0.255 e. The van der Waals surface area contributed by atoms with Crippen molar-refractivity contribution < 1.29 is 32.3 Å². The molecule has 1 aliphatic rings. The molecule has 2 heterocycles. The number of Topliss-reactive ketones (excluding diaryl/α,β-unsaturated/α-hetero) is 2. The monoisotopic (exact) mass is 865 g/mol. The van der Waals surface area contributed by atoms with Crippen LogP contribution in [0.25, 0.3) is 22.5 Å². The lowest BCUT2D eigenvalue weighted by atomic mass is 9.92. The quantitative estimate of drug-likeness (QED) is 0.0477. The Morgan fingerprint density at radius 2 is 1.25 bits per heavy atom. The van der Waals surface area contributed by atoms with Crippen molar-refractivity contribution >= 4 is 44.6 Å². The van der Waals surface area contributed by atoms with Gasteiger partial charge < -0.3 is 9.64 Å². The van der Waals surface area contributed by atoms with Gasteiger partial charge in [-0.2, -0.15) is 15.4 Å². The van der Waals surface area contributed by atoms with E-state index in [9.17, 15) is 27.6 Å². The zero-order chi connectivity index (χ0) is 44.5. The third-order valence-corrected chi connectivity index (χ3v) is 13.1. The van der Waals surface area contributed by atoms with Crippen LogP contribution in [0, 0.1) is 19.8 Å². The Morgan fingerprint density at radius 1 is 0.698 bits per heavy atom. The van der Waals surface area contributed by atoms with E-state index in [2.05, 4.69) is 15.4 Å². The van der Waals surface area contributed by atoms with Crippen LogP contribution in [0.15, 0.2) is 126 Å². The van der Waals surface area contributed by atoms with Crippen molar-refractivity contribution in [1.29, 1.82) is 0 Å². The van der Waals surface area contributed by atoms with E-state index in [0.29, 0.717) is 59.6 Å². The van der Waals surface area contributed by atoms with Crippen molar-refractivity contribution in [3.05, 3.63) is 149 Å². The molecule has 2 amide bonds. The van der Waals surface area contributed by atoms with E-state index < -0.39 is 15.8 Å². The molecule has 63 heavy (non-hydrogen) atoms. The second kappa shape index (κ2) is 20.1. The molecule has 0 bridgehead atoms. The number of rotatable bonds is 19. The molecule has 1 unspecified atom stereocenters. The summed E-state index contributed by atoms with van der Waals surface area (Å²) < 4.78 is 32.7. The highest BCUT2D eigenvalue weighted by Crippen LogP contribution is 2.46. The maximum atomic E-state index is 13.9. The number of ether oxygens (including phenoxy) is 1. The number of para-hydroxylation sites is 2. The van der Waals surface area contributed by atoms with Crippen LogP contribution in [0.1, 0.15) is 75.9 Å². The van der Waals surface area contributed by atoms with Gasteiger partial charge in [0.25, 0.3) is 5.91 Å². The number of hydrogen-bond acceptors (Lipinski definition) is 9. The van der Waals surface area contributed by atoms with Gasteiger partial charge in [0.1, 0.15) is 23.9 Å². The topological polar surface area (TPSA) is 160 Å². The summed E-state index contributed by atoms with van der Waals surface area (Å²) in [7, 11) is -2.15. The Bertz CT molecular complexity index is 2630. The lowest BCUT2D eigenvalue weighted by Crippen LogP contribution is -2.29. The standard InChI is InChI=1S/C50H51N5O7S/c1-34-17-21-36(22-18-34)23-24-39(32-63(60,61)41-29-19-35(2)20-30-41)49(58)37-25-27-38(28-26-37)50(59)54(3)33-62-31-9-11-40(56)10-8-16-46(57)55-44-14-6-4-12-42(44)47-48(52-53-51-47)43-13-5-7-15-45(43)55/h4-7,12-15,17-22,25-30,39H,8-11,16,23-24,31-33H2,1-3H3,(H,51,52,53). The molecule has 0 saturated carbocycles. The lowest BCUT2D eigenvalue weighted by Gasteiger charge is -2.25. The summed E-state index contributed by atoms with van der Waals surface area (Å²) in [5.41, 5.74) is 8.09. The molecule has 6 aromatic rings. The van der Waals surface area contributed by atoms with Gasteiger partial charge in [0.2, 0.25) is 5.91 Å². The number of aromatic amines is 1. The molecule has 1 N–H and O–H groups in total. The Kier molecular flexibility index (Phi) is 14.2. The molecule has 13 heteroatoms. The van der Waals surface area contributed by atoms with Gasteiger partial charge in [-0.15, -0.1) is 0 Å². The predicted molar refractivity (Wildman–Crippen MR) is 242 cm³/mol. The number of aromatic nitrogens is 3. The van der Waals surface area contributed by atoms with E-state index in [0.717, 1.165) is 27.8 Å². The summed E-state index contributed by atoms with van der Waals surface area (Å²) in [6.45, 7) is 4.13. The molecular weight excluding hydrogens is 815 g/mol. The minimum absolute atomic E-state index is 0.00610. The normalized spacial score (nSPS) is 12.4. The number of sulfone groups is 1. The second-order valence-corrected chi connectivity index (χ2v) is 18.1. The summed E-state index contributed by atoms with van der Waals surface area (Å²) in [5, 5.41) is 11.5. The number of fused-ring (bicyclic) bond motifs is 5. The van der Waals surface area contributed by atoms with Crippen molar-refractivity contribution in [1.82, 2.24) is 20.3 Å². The first-order valence-electron chi connectivity index (χ1n) is 21.2. The molecule has 1 aliphatic heterocycles. The number of H-pyrrole nitrogens is 1. The van der Waals surface area contributed by atoms with E-state index in [1.165, 1.54) is 4.90 Å². The van der Waals surface area contributed by atoms with Crippen LogP contribution in [0.2, 0.25) is 0 Å². The van der Waals surface area contributed by atoms with Crippen molar-refractivity contribution in [2.75, 3.05) is 31.0 Å². The molecule has 0 radical (unpaired) electrons. The van der Waals surface area contributed by atoms with E-state index in [-0.39, 0.29) is 66.6 Å². The first-order valence-corrected chi connectivity index (χ1v) is 22.8. The number of benzene rings is 5. The Labute approximate surface area is 368 Å². The van der Waals surface area contributed by atoms with Crippen LogP contribution in [0.4, 0.5) is 11.4 Å². The first-order chi connectivity index (χ1) is 30.4. The second-order valence-electron chi connectivity index (χ2n) is 16.1. The van der Waals surface area contributed by atoms with Gasteiger partial charge in [0, 0.05) is 61.1 Å². The Hall–Kier alpha value is -6.57. The number of nitrogens with zero attached hydrogens (tertiary/aromatic N) is 4. The number of carbonyl (C=O) groups excluding carboxylic acids is 4. The fourth-order valence-corrected chi connectivity index (χ4v) is 9.36. The third kappa shape index (κ3) is 10.7. The minimum Gasteiger partial charge on any atom is -0.361 e. The highest BCUT2D eigenvalue weighted by molar-refractivity contribution is 7.91. The molecular formula is C50H51N5O7S. The highest BCUT2D eigenvalue weighted by atomic mass is 32.2. The van der Waals surface area contributed by atoms with Crippen LogP contribution >= 0.6 is 0 Å². The van der Waals surface area contributed by atoms with Gasteiger partial charge >= 0.3 is 0 Å². The molecule has 0 saturated heterocycles. The maximum absolute atomic E-state index is 13.9. The third-order valence-electron chi connectivity index (χ3n) is 11.3. The summed E-state index contributed by atoms with van der Waals surface area (Å²) in [6, 6.07) is 36.0. The number of anilines is 2. The molecule has 1 aromatic heterocycles. The van der Waals surface area contributed by atoms with E-state index in [1.807, 2.05) is 86.6 Å². The van der Waals surface area contributed by atoms with Crippen LogP contribution < -0.4 is 4.90 Å². The first kappa shape index (κ1) is 44.5. The van der Waals surface area contributed by atoms with Crippen molar-refractivity contribution in [2.45, 2.75) is 63.7 Å². The molecule has 0 fully saturated rings. The number of ketones is 2. The number of hydrogen-bond donors (Lipinski definition) is 1. The average molecular weight is 866 g/mol. The van der Waals surface area contributed by atoms with Gasteiger partial charge in [-0.25, -0.2) is 8.42 Å². The fourth-order valence-electron chi connectivity index (χ4n) is 7.77. The summed E-state index contributed by atoms with van der Waals surface area (Å²) in [4.78, 5) is 57.0. The summed E-state index contributed by atoms with van der Waals surface area (Å²) >= 11 is 0. The molecule has 1 atom stereocenters. The van der Waals surface area contributed by atoms with Gasteiger partial charge in [0.05, 0.1) is 22.0 Å². The number of amides is 2. The van der Waals surface area contributed by atoms with E-state index >= 15 is 0 Å². The fraction of sp³-hybridized carbons (Fsp3) is 0.280. The van der Waals surface area contributed by atoms with E-state index in [4.69, 9.17) is 4.74 Å². The van der Waals surface area contributed by atoms with Gasteiger partial charge in [-0.3, -0.25) is 24.1 Å². The summed E-state index contributed by atoms with van der Waals surface area (Å²) in [5.74, 6) is -1.84. The average Bonchev–Trinajstić information content (AvgIpc) is 3.74. The Morgan fingerprint density at radius 3 is 1.87 bits per heavy atom. The number of aryl methyl sites for hydroxylation is 3. The smallest absolute Gasteiger partial charge is 0.255 e. The van der Waals surface area contributed by atoms with Crippen molar-refractivity contribution in [2.24, 2.45) is 5.92 Å². The molecule has 324 valence electrons. The largest absolute Gasteiger partial charge is 0.361 e.